The van der Waals surface area contributed by atoms with Crippen molar-refractivity contribution in [3.63, 3.8) is 0 Å². The Morgan fingerprint density at radius 1 is 1.21 bits per heavy atom. The van der Waals surface area contributed by atoms with Crippen molar-refractivity contribution >= 4 is 17.8 Å². The van der Waals surface area contributed by atoms with E-state index in [2.05, 4.69) is 15.0 Å². The third-order valence-corrected chi connectivity index (χ3v) is 5.90. The molecule has 1 aliphatic heterocycles. The number of aliphatic hydroxyl groups is 1. The minimum atomic E-state index is -1.75. The molecule has 0 saturated carbocycles. The van der Waals surface area contributed by atoms with Gasteiger partial charge in [0.25, 0.3) is 5.91 Å². The zero-order valence-corrected chi connectivity index (χ0v) is 22.2. The van der Waals surface area contributed by atoms with Crippen molar-refractivity contribution in [2.24, 2.45) is 10.1 Å². The molecule has 0 spiro atoms. The van der Waals surface area contributed by atoms with Crippen molar-refractivity contribution in [2.45, 2.75) is 63.8 Å². The molecule has 3 rings (SSSR count). The lowest BCUT2D eigenvalue weighted by Crippen LogP contribution is -2.48. The highest BCUT2D eigenvalue weighted by atomic mass is 16.6. The van der Waals surface area contributed by atoms with Crippen molar-refractivity contribution < 1.29 is 34.1 Å². The zero-order chi connectivity index (χ0) is 28.5. The van der Waals surface area contributed by atoms with Crippen LogP contribution in [-0.4, -0.2) is 52.4 Å². The molecule has 1 aliphatic rings. The highest BCUT2D eigenvalue weighted by Crippen LogP contribution is 2.44. The van der Waals surface area contributed by atoms with Gasteiger partial charge in [0.05, 0.1) is 13.2 Å². The van der Waals surface area contributed by atoms with Gasteiger partial charge in [0.2, 0.25) is 5.90 Å². The molecule has 3 N–H and O–H groups in total. The molecule has 0 fully saturated rings. The highest BCUT2D eigenvalue weighted by molar-refractivity contribution is 6.01. The maximum atomic E-state index is 13.3. The lowest BCUT2D eigenvalue weighted by molar-refractivity contribution is -0.155. The molecule has 1 amide bonds. The summed E-state index contributed by atoms with van der Waals surface area (Å²) in [6, 6.07) is 13.8. The van der Waals surface area contributed by atoms with E-state index in [1.807, 2.05) is 0 Å². The van der Waals surface area contributed by atoms with Gasteiger partial charge in [-0.2, -0.15) is 0 Å². The van der Waals surface area contributed by atoms with Crippen LogP contribution in [0.4, 0.5) is 0 Å². The van der Waals surface area contributed by atoms with Crippen LogP contribution >= 0.6 is 0 Å². The van der Waals surface area contributed by atoms with Crippen LogP contribution in [0.1, 0.15) is 62.8 Å². The molecule has 0 bridgehead atoms. The number of aliphatic imine (C=N–C) groups is 1. The molecular weight excluding hydrogens is 506 g/mol. The molecule has 0 aliphatic carbocycles. The number of rotatable bonds is 12. The first kappa shape index (κ1) is 29.4. The predicted octanol–water partition coefficient (Wildman–Crippen LogP) is 4.14. The third-order valence-electron chi connectivity index (χ3n) is 5.90. The van der Waals surface area contributed by atoms with E-state index >= 15 is 0 Å². The van der Waals surface area contributed by atoms with Crippen LogP contribution in [0, 0.1) is 0 Å². The predicted molar refractivity (Wildman–Crippen MR) is 141 cm³/mol. The van der Waals surface area contributed by atoms with Crippen molar-refractivity contribution in [1.29, 1.82) is 0 Å². The molecule has 0 unspecified atom stereocenters. The molecule has 1 heterocycles. The second kappa shape index (κ2) is 13.1. The molecule has 0 aromatic heterocycles. The van der Waals surface area contributed by atoms with Crippen LogP contribution in [-0.2, 0) is 25.6 Å². The van der Waals surface area contributed by atoms with E-state index in [0.29, 0.717) is 35.5 Å². The van der Waals surface area contributed by atoms with Crippen LogP contribution in [0.5, 0.6) is 5.75 Å². The number of hydrogen-bond acceptors (Lipinski definition) is 9. The van der Waals surface area contributed by atoms with Gasteiger partial charge in [-0.15, -0.1) is 0 Å². The first-order valence-corrected chi connectivity index (χ1v) is 12.5. The molecule has 12 heteroatoms. The lowest BCUT2D eigenvalue weighted by atomic mass is 9.82. The second-order valence-corrected chi connectivity index (χ2v) is 9.90. The minimum absolute atomic E-state index is 0.00929. The topological polar surface area (TPSA) is 175 Å². The first-order chi connectivity index (χ1) is 18.6. The number of esters is 1. The average Bonchev–Trinajstić information content (AvgIpc) is 3.30. The van der Waals surface area contributed by atoms with Crippen molar-refractivity contribution in [3.05, 3.63) is 75.7 Å². The van der Waals surface area contributed by atoms with Gasteiger partial charge in [-0.05, 0) is 68.1 Å². The number of ether oxygens (including phenoxy) is 3. The number of azide groups is 1. The summed E-state index contributed by atoms with van der Waals surface area (Å²) in [4.78, 5) is 33.4. The Balaban J connectivity index is 2.04. The quantitative estimate of drug-likeness (QED) is 0.0690. The molecular formula is C27H33N5O7. The number of benzene rings is 2. The van der Waals surface area contributed by atoms with E-state index in [1.54, 1.807) is 74.8 Å². The minimum Gasteiger partial charge on any atom is -0.494 e. The van der Waals surface area contributed by atoms with Crippen molar-refractivity contribution in [3.8, 4) is 5.75 Å². The van der Waals surface area contributed by atoms with Gasteiger partial charge in [0.15, 0.2) is 11.6 Å². The van der Waals surface area contributed by atoms with Crippen LogP contribution in [0.3, 0.4) is 0 Å². The molecule has 2 aromatic rings. The van der Waals surface area contributed by atoms with E-state index in [-0.39, 0.29) is 31.9 Å². The standard InChI is InChI=1S/C27H33N5O7/c1-26(2,3)39-22(34)13-14-27(25(35)31-36)23(21-8-5-4-7-19(21)17-29-32-28)38-24(30-27)18-9-11-20(12-10-18)37-16-6-15-33/h4-5,7-12,23,33,36H,6,13-17H2,1-3H3,(H,31,35)/t23-,27-/m0/s1. The van der Waals surface area contributed by atoms with Gasteiger partial charge < -0.3 is 19.3 Å². The van der Waals surface area contributed by atoms with Gasteiger partial charge in [0, 0.05) is 29.9 Å². The Labute approximate surface area is 226 Å². The number of hydroxylamine groups is 1. The molecule has 2 atom stereocenters. The SMILES string of the molecule is CC(C)(C)OC(=O)CC[C@]1(C(=O)NO)N=C(c2ccc(OCCCO)cc2)O[C@H]1c1ccccc1CN=[N+]=[N-]. The number of nitrogens with one attached hydrogen (secondary N) is 1. The molecule has 39 heavy (non-hydrogen) atoms. The number of carbonyl (C=O) groups excluding carboxylic acids is 2. The average molecular weight is 540 g/mol. The fraction of sp³-hybridized carbons (Fsp3) is 0.444. The molecule has 0 saturated heterocycles. The summed E-state index contributed by atoms with van der Waals surface area (Å²) in [6.45, 7) is 5.57. The monoisotopic (exact) mass is 539 g/mol. The van der Waals surface area contributed by atoms with Gasteiger partial charge in [-0.3, -0.25) is 14.8 Å². The normalized spacial score (nSPS) is 18.4. The maximum Gasteiger partial charge on any atom is 0.306 e. The largest absolute Gasteiger partial charge is 0.494 e. The van der Waals surface area contributed by atoms with Crippen LogP contribution in [0.25, 0.3) is 10.4 Å². The number of carbonyl (C=O) groups is 2. The Morgan fingerprint density at radius 3 is 2.56 bits per heavy atom. The van der Waals surface area contributed by atoms with E-state index in [4.69, 9.17) is 24.8 Å². The number of hydrogen-bond donors (Lipinski definition) is 3. The number of aliphatic hydroxyl groups excluding tert-OH is 1. The van der Waals surface area contributed by atoms with E-state index < -0.39 is 29.1 Å². The summed E-state index contributed by atoms with van der Waals surface area (Å²) in [5.41, 5.74) is 9.72. The summed E-state index contributed by atoms with van der Waals surface area (Å²) in [5, 5.41) is 22.3. The van der Waals surface area contributed by atoms with Crippen LogP contribution in [0.2, 0.25) is 0 Å². The summed E-state index contributed by atoms with van der Waals surface area (Å²) < 4.78 is 17.3. The van der Waals surface area contributed by atoms with Crippen LogP contribution < -0.4 is 10.2 Å². The Kier molecular flexibility index (Phi) is 9.89. The summed E-state index contributed by atoms with van der Waals surface area (Å²) >= 11 is 0. The Hall–Kier alpha value is -4.12. The van der Waals surface area contributed by atoms with Gasteiger partial charge in [0.1, 0.15) is 11.4 Å². The van der Waals surface area contributed by atoms with Crippen molar-refractivity contribution in [2.75, 3.05) is 13.2 Å². The van der Waals surface area contributed by atoms with Gasteiger partial charge in [-0.1, -0.05) is 29.4 Å². The zero-order valence-electron chi connectivity index (χ0n) is 22.2. The van der Waals surface area contributed by atoms with Crippen molar-refractivity contribution in [1.82, 2.24) is 5.48 Å². The summed E-state index contributed by atoms with van der Waals surface area (Å²) in [6.07, 6.45) is -0.893. The van der Waals surface area contributed by atoms with E-state index in [1.165, 1.54) is 0 Å². The Bertz CT molecular complexity index is 1240. The summed E-state index contributed by atoms with van der Waals surface area (Å²) in [5.74, 6) is -0.713. The number of nitrogens with zero attached hydrogens (tertiary/aromatic N) is 4. The molecule has 2 aromatic carbocycles. The molecule has 208 valence electrons. The highest BCUT2D eigenvalue weighted by Gasteiger charge is 2.54. The molecule has 12 nitrogen and oxygen atoms in total. The van der Waals surface area contributed by atoms with Crippen LogP contribution in [0.15, 0.2) is 58.6 Å². The van der Waals surface area contributed by atoms with E-state index in [9.17, 15) is 14.8 Å². The molecule has 0 radical (unpaired) electrons. The van der Waals surface area contributed by atoms with E-state index in [0.717, 1.165) is 0 Å². The number of amides is 1. The summed E-state index contributed by atoms with van der Waals surface area (Å²) in [7, 11) is 0. The van der Waals surface area contributed by atoms with Gasteiger partial charge >= 0.3 is 5.97 Å². The maximum absolute atomic E-state index is 13.3. The fourth-order valence-corrected chi connectivity index (χ4v) is 4.17. The lowest BCUT2D eigenvalue weighted by Gasteiger charge is -2.30. The first-order valence-electron chi connectivity index (χ1n) is 12.5. The second-order valence-electron chi connectivity index (χ2n) is 9.90. The van der Waals surface area contributed by atoms with Gasteiger partial charge in [-0.25, -0.2) is 10.5 Å². The Morgan fingerprint density at radius 2 is 1.92 bits per heavy atom. The fourth-order valence-electron chi connectivity index (χ4n) is 4.17. The third kappa shape index (κ3) is 7.47. The smallest absolute Gasteiger partial charge is 0.306 e.